The van der Waals surface area contributed by atoms with E-state index in [4.69, 9.17) is 14.8 Å². The van der Waals surface area contributed by atoms with Crippen LogP contribution in [0.3, 0.4) is 0 Å². The quantitative estimate of drug-likeness (QED) is 0.485. The summed E-state index contributed by atoms with van der Waals surface area (Å²) in [4.78, 5) is 31.0. The number of carbonyl (C=O) groups excluding carboxylic acids is 1. The van der Waals surface area contributed by atoms with Crippen LogP contribution >= 0.6 is 0 Å². The van der Waals surface area contributed by atoms with Gasteiger partial charge in [0.2, 0.25) is 5.91 Å². The lowest BCUT2D eigenvalue weighted by atomic mass is 10.0. The number of carboxylic acids is 1. The number of carbonyl (C=O) groups is 2. The smallest absolute Gasteiger partial charge is 0.307 e. The molecule has 3 rings (SSSR count). The minimum absolute atomic E-state index is 0.0355. The van der Waals surface area contributed by atoms with E-state index in [0.717, 1.165) is 42.7 Å². The fourth-order valence-corrected chi connectivity index (χ4v) is 4.23. The SMILES string of the molecule is CC(/N=c1\cccccc1OCC(C)C)=C(/C)C(=O)NC1CCN(c2ccc(CC(=O)O)c(C)c2)CC1. The summed E-state index contributed by atoms with van der Waals surface area (Å²) < 4.78 is 5.95. The van der Waals surface area contributed by atoms with Gasteiger partial charge < -0.3 is 20.1 Å². The van der Waals surface area contributed by atoms with Gasteiger partial charge in [-0.3, -0.25) is 9.59 Å². The predicted octanol–water partition coefficient (Wildman–Crippen LogP) is 4.64. The number of benzene rings is 1. The lowest BCUT2D eigenvalue weighted by Crippen LogP contribution is -2.45. The van der Waals surface area contributed by atoms with E-state index in [1.807, 2.05) is 63.2 Å². The number of hydrogen-bond donors (Lipinski definition) is 2. The van der Waals surface area contributed by atoms with Crippen LogP contribution in [-0.4, -0.2) is 42.7 Å². The van der Waals surface area contributed by atoms with Gasteiger partial charge in [0.05, 0.1) is 13.0 Å². The van der Waals surface area contributed by atoms with Gasteiger partial charge in [-0.1, -0.05) is 38.1 Å². The number of aryl methyl sites for hydroxylation is 1. The highest BCUT2D eigenvalue weighted by molar-refractivity contribution is 5.93. The lowest BCUT2D eigenvalue weighted by molar-refractivity contribution is -0.136. The van der Waals surface area contributed by atoms with Crippen molar-refractivity contribution in [3.8, 4) is 5.75 Å². The summed E-state index contributed by atoms with van der Waals surface area (Å²) in [5.74, 6) is 0.176. The van der Waals surface area contributed by atoms with Gasteiger partial charge in [0.15, 0.2) is 0 Å². The van der Waals surface area contributed by atoms with Gasteiger partial charge in [-0.25, -0.2) is 4.99 Å². The number of nitrogens with zero attached hydrogens (tertiary/aromatic N) is 2. The Morgan fingerprint density at radius 1 is 1.11 bits per heavy atom. The van der Waals surface area contributed by atoms with E-state index < -0.39 is 5.97 Å². The van der Waals surface area contributed by atoms with E-state index in [-0.39, 0.29) is 18.4 Å². The summed E-state index contributed by atoms with van der Waals surface area (Å²) in [6.45, 7) is 12.1. The molecule has 1 fully saturated rings. The zero-order valence-corrected chi connectivity index (χ0v) is 22.6. The monoisotopic (exact) mass is 505 g/mol. The van der Waals surface area contributed by atoms with E-state index in [1.54, 1.807) is 0 Å². The lowest BCUT2D eigenvalue weighted by Gasteiger charge is -2.34. The highest BCUT2D eigenvalue weighted by Gasteiger charge is 2.22. The van der Waals surface area contributed by atoms with E-state index in [9.17, 15) is 9.59 Å². The Morgan fingerprint density at radius 2 is 1.81 bits per heavy atom. The number of rotatable bonds is 9. The molecule has 2 N–H and O–H groups in total. The maximum atomic E-state index is 13.0. The molecule has 1 amide bonds. The summed E-state index contributed by atoms with van der Waals surface area (Å²) in [6, 6.07) is 15.6. The molecule has 1 heterocycles. The second kappa shape index (κ2) is 13.1. The molecule has 198 valence electrons. The van der Waals surface area contributed by atoms with E-state index in [0.29, 0.717) is 34.9 Å². The second-order valence-electron chi connectivity index (χ2n) is 10.1. The average Bonchev–Trinajstić information content (AvgIpc) is 3.08. The maximum absolute atomic E-state index is 13.0. The van der Waals surface area contributed by atoms with Crippen LogP contribution in [0, 0.1) is 12.8 Å². The van der Waals surface area contributed by atoms with Crippen molar-refractivity contribution in [1.82, 2.24) is 5.32 Å². The molecule has 1 saturated heterocycles. The minimum Gasteiger partial charge on any atom is -0.491 e. The van der Waals surface area contributed by atoms with Crippen LogP contribution in [0.5, 0.6) is 5.75 Å². The van der Waals surface area contributed by atoms with Crippen LogP contribution in [0.15, 0.2) is 64.8 Å². The third-order valence-electron chi connectivity index (χ3n) is 6.58. The summed E-state index contributed by atoms with van der Waals surface area (Å²) in [7, 11) is 0. The van der Waals surface area contributed by atoms with E-state index in [1.165, 1.54) is 0 Å². The van der Waals surface area contributed by atoms with Crippen LogP contribution in [0.4, 0.5) is 5.69 Å². The maximum Gasteiger partial charge on any atom is 0.307 e. The van der Waals surface area contributed by atoms with Crippen molar-refractivity contribution in [1.29, 1.82) is 0 Å². The Kier molecular flexibility index (Phi) is 9.89. The van der Waals surface area contributed by atoms with Gasteiger partial charge in [0, 0.05) is 36.1 Å². The molecule has 0 radical (unpaired) electrons. The summed E-state index contributed by atoms with van der Waals surface area (Å²) in [6.07, 6.45) is 1.72. The highest BCUT2D eigenvalue weighted by atomic mass is 16.5. The van der Waals surface area contributed by atoms with E-state index >= 15 is 0 Å². The first-order valence-corrected chi connectivity index (χ1v) is 13.0. The largest absolute Gasteiger partial charge is 0.491 e. The number of amides is 1. The highest BCUT2D eigenvalue weighted by Crippen LogP contribution is 2.23. The third-order valence-corrected chi connectivity index (χ3v) is 6.58. The zero-order valence-electron chi connectivity index (χ0n) is 22.6. The standard InChI is InChI=1S/C30H39N3O4/c1-20(2)19-37-28-10-8-6-7-9-27(28)31-23(5)22(4)30(36)32-25-13-15-33(16-14-25)26-12-11-24(18-29(34)35)21(3)17-26/h6-12,17,20,25H,13-16,18-19H2,1-5H3,(H,32,36)(H,34,35)/b23-22+,31-27+. The van der Waals surface area contributed by atoms with Gasteiger partial charge >= 0.3 is 5.97 Å². The molecule has 2 aromatic carbocycles. The van der Waals surface area contributed by atoms with Crippen molar-refractivity contribution in [2.75, 3.05) is 24.6 Å². The molecule has 1 aliphatic heterocycles. The molecule has 0 aromatic heterocycles. The Balaban J connectivity index is 1.63. The van der Waals surface area contributed by atoms with Gasteiger partial charge in [-0.15, -0.1) is 0 Å². The first kappa shape index (κ1) is 28.0. The van der Waals surface area contributed by atoms with Gasteiger partial charge in [0.25, 0.3) is 0 Å². The molecule has 37 heavy (non-hydrogen) atoms. The average molecular weight is 506 g/mol. The van der Waals surface area contributed by atoms with Crippen molar-refractivity contribution in [3.05, 3.63) is 76.3 Å². The Hall–Kier alpha value is -3.61. The summed E-state index contributed by atoms with van der Waals surface area (Å²) >= 11 is 0. The number of ether oxygens (including phenoxy) is 1. The van der Waals surface area contributed by atoms with Crippen LogP contribution in [-0.2, 0) is 16.0 Å². The minimum atomic E-state index is -0.822. The zero-order chi connectivity index (χ0) is 26.9. The fraction of sp³-hybridized carbons (Fsp3) is 0.433. The molecule has 1 aliphatic rings. The molecule has 0 unspecified atom stereocenters. The molecule has 7 nitrogen and oxygen atoms in total. The molecule has 0 aliphatic carbocycles. The number of hydrogen-bond acceptors (Lipinski definition) is 5. The van der Waals surface area contributed by atoms with Gasteiger partial charge in [0.1, 0.15) is 11.1 Å². The van der Waals surface area contributed by atoms with Crippen LogP contribution in [0.2, 0.25) is 0 Å². The fourth-order valence-electron chi connectivity index (χ4n) is 4.23. The van der Waals surface area contributed by atoms with Crippen LogP contribution in [0.1, 0.15) is 51.7 Å². The second-order valence-corrected chi connectivity index (χ2v) is 10.1. The first-order valence-electron chi connectivity index (χ1n) is 13.0. The van der Waals surface area contributed by atoms with Gasteiger partial charge in [-0.2, -0.15) is 0 Å². The first-order chi connectivity index (χ1) is 17.6. The number of anilines is 1. The van der Waals surface area contributed by atoms with Gasteiger partial charge in [-0.05, 0) is 74.9 Å². The molecule has 0 spiro atoms. The molecule has 2 aromatic rings. The molecule has 0 bridgehead atoms. The number of piperidine rings is 1. The van der Waals surface area contributed by atoms with Crippen LogP contribution < -0.4 is 20.3 Å². The normalized spacial score (nSPS) is 15.4. The number of nitrogens with one attached hydrogen (secondary N) is 1. The Morgan fingerprint density at radius 3 is 2.46 bits per heavy atom. The molecule has 7 heteroatoms. The number of aliphatic carboxylic acids is 1. The molecule has 0 atom stereocenters. The molecular formula is C30H39N3O4. The third kappa shape index (κ3) is 8.20. The molecular weight excluding hydrogens is 466 g/mol. The summed E-state index contributed by atoms with van der Waals surface area (Å²) in [5, 5.41) is 12.9. The van der Waals surface area contributed by atoms with Crippen molar-refractivity contribution in [2.45, 2.75) is 59.9 Å². The summed E-state index contributed by atoms with van der Waals surface area (Å²) in [5.41, 5.74) is 4.17. The van der Waals surface area contributed by atoms with Crippen molar-refractivity contribution >= 4 is 17.6 Å². The number of carboxylic acid groups (broad SMARTS) is 1. The number of allylic oxidation sites excluding steroid dienone is 1. The topological polar surface area (TPSA) is 91.2 Å². The molecule has 0 saturated carbocycles. The Bertz CT molecular complexity index is 1210. The van der Waals surface area contributed by atoms with Crippen molar-refractivity contribution < 1.29 is 19.4 Å². The predicted molar refractivity (Wildman–Crippen MR) is 147 cm³/mol. The Labute approximate surface area is 219 Å². The van der Waals surface area contributed by atoms with Crippen molar-refractivity contribution in [3.63, 3.8) is 0 Å². The van der Waals surface area contributed by atoms with E-state index in [2.05, 4.69) is 30.1 Å². The van der Waals surface area contributed by atoms with Crippen LogP contribution in [0.25, 0.3) is 0 Å². The van der Waals surface area contributed by atoms with Crippen molar-refractivity contribution in [2.24, 2.45) is 10.9 Å².